The Labute approximate surface area is 224 Å². The molecule has 0 bridgehead atoms. The van der Waals surface area contributed by atoms with Crippen molar-refractivity contribution in [2.75, 3.05) is 26.2 Å². The summed E-state index contributed by atoms with van der Waals surface area (Å²) in [6.07, 6.45) is 11.3. The molecular formula is C33H44ClNO. The topological polar surface area (TPSA) is 12.5 Å². The lowest BCUT2D eigenvalue weighted by Gasteiger charge is -2.33. The number of likely N-dealkylation sites (tertiary alicyclic amines) is 1. The fourth-order valence-corrected chi connectivity index (χ4v) is 6.17. The molecule has 4 rings (SSSR count). The number of rotatable bonds is 11. The average molecular weight is 506 g/mol. The van der Waals surface area contributed by atoms with Gasteiger partial charge in [0, 0.05) is 5.02 Å². The van der Waals surface area contributed by atoms with Crippen LogP contribution in [0, 0.1) is 11.8 Å². The summed E-state index contributed by atoms with van der Waals surface area (Å²) in [5.41, 5.74) is 6.42. The van der Waals surface area contributed by atoms with Gasteiger partial charge in [-0.05, 0) is 117 Å². The molecule has 1 saturated carbocycles. The Hall–Kier alpha value is -2.03. The molecule has 194 valence electrons. The summed E-state index contributed by atoms with van der Waals surface area (Å²) < 4.78 is 6.10. The molecule has 3 heteroatoms. The molecule has 2 fully saturated rings. The van der Waals surface area contributed by atoms with Crippen molar-refractivity contribution < 1.29 is 4.74 Å². The van der Waals surface area contributed by atoms with E-state index in [1.54, 1.807) is 0 Å². The zero-order valence-corrected chi connectivity index (χ0v) is 23.2. The summed E-state index contributed by atoms with van der Waals surface area (Å²) >= 11 is 6.23. The van der Waals surface area contributed by atoms with Crippen LogP contribution in [0.4, 0.5) is 0 Å². The van der Waals surface area contributed by atoms with Crippen LogP contribution < -0.4 is 4.74 Å². The zero-order chi connectivity index (χ0) is 25.3. The second kappa shape index (κ2) is 13.5. The first-order valence-electron chi connectivity index (χ1n) is 14.2. The number of allylic oxidation sites excluding steroid dienone is 2. The molecule has 2 aliphatic rings. The maximum Gasteiger partial charge on any atom is 0.119 e. The maximum absolute atomic E-state index is 6.23. The molecule has 0 amide bonds. The predicted octanol–water partition coefficient (Wildman–Crippen LogP) is 9.19. The fraction of sp³-hybridized carbons (Fsp3) is 0.515. The molecule has 0 radical (unpaired) electrons. The van der Waals surface area contributed by atoms with E-state index in [1.165, 1.54) is 92.4 Å². The summed E-state index contributed by atoms with van der Waals surface area (Å²) in [4.78, 5) is 2.61. The van der Waals surface area contributed by atoms with E-state index in [4.69, 9.17) is 16.3 Å². The first-order chi connectivity index (χ1) is 17.5. The van der Waals surface area contributed by atoms with Gasteiger partial charge in [-0.1, -0.05) is 81.1 Å². The molecule has 1 saturated heterocycles. The van der Waals surface area contributed by atoms with Crippen LogP contribution in [0.2, 0.25) is 5.02 Å². The molecule has 0 spiro atoms. The van der Waals surface area contributed by atoms with E-state index in [-0.39, 0.29) is 0 Å². The van der Waals surface area contributed by atoms with E-state index >= 15 is 0 Å². The molecule has 2 nitrogen and oxygen atoms in total. The van der Waals surface area contributed by atoms with Gasteiger partial charge in [0.25, 0.3) is 0 Å². The van der Waals surface area contributed by atoms with Crippen LogP contribution >= 0.6 is 11.6 Å². The van der Waals surface area contributed by atoms with Crippen LogP contribution in [0.15, 0.2) is 66.3 Å². The van der Waals surface area contributed by atoms with E-state index in [1.807, 2.05) is 12.1 Å². The van der Waals surface area contributed by atoms with Crippen LogP contribution in [0.1, 0.15) is 82.8 Å². The third kappa shape index (κ3) is 7.26. The van der Waals surface area contributed by atoms with Crippen molar-refractivity contribution in [3.63, 3.8) is 0 Å². The van der Waals surface area contributed by atoms with Gasteiger partial charge in [0.05, 0.1) is 6.61 Å². The summed E-state index contributed by atoms with van der Waals surface area (Å²) in [5, 5.41) is 0.768. The van der Waals surface area contributed by atoms with Gasteiger partial charge >= 0.3 is 0 Å². The fourth-order valence-electron chi connectivity index (χ4n) is 6.04. The van der Waals surface area contributed by atoms with Gasteiger partial charge < -0.3 is 9.64 Å². The highest BCUT2D eigenvalue weighted by atomic mass is 35.5. The molecule has 1 aliphatic heterocycles. The summed E-state index contributed by atoms with van der Waals surface area (Å²) in [6.45, 7) is 13.9. The first-order valence-corrected chi connectivity index (χ1v) is 14.6. The maximum atomic E-state index is 6.23. The number of halogens is 1. The van der Waals surface area contributed by atoms with Crippen molar-refractivity contribution in [1.29, 1.82) is 0 Å². The molecule has 2 aromatic rings. The Kier molecular flexibility index (Phi) is 10.1. The SMILES string of the molecule is C=C1C[C@@H](CC)CC(C)/C1=C(/c1ccc(Cl)cc1)c1ccc(OCCCCCCN2CCCC2)cc1. The van der Waals surface area contributed by atoms with Gasteiger partial charge in [-0.2, -0.15) is 0 Å². The van der Waals surface area contributed by atoms with Crippen molar-refractivity contribution in [3.05, 3.63) is 82.4 Å². The smallest absolute Gasteiger partial charge is 0.119 e. The molecule has 36 heavy (non-hydrogen) atoms. The van der Waals surface area contributed by atoms with E-state index in [2.05, 4.69) is 61.7 Å². The number of hydrogen-bond acceptors (Lipinski definition) is 2. The minimum Gasteiger partial charge on any atom is -0.494 e. The average Bonchev–Trinajstić information content (AvgIpc) is 3.40. The largest absolute Gasteiger partial charge is 0.494 e. The van der Waals surface area contributed by atoms with Crippen LogP contribution in [-0.4, -0.2) is 31.1 Å². The third-order valence-electron chi connectivity index (χ3n) is 8.05. The van der Waals surface area contributed by atoms with Gasteiger partial charge in [-0.25, -0.2) is 0 Å². The zero-order valence-electron chi connectivity index (χ0n) is 22.4. The number of benzene rings is 2. The molecule has 1 heterocycles. The van der Waals surface area contributed by atoms with Crippen molar-refractivity contribution in [2.45, 2.75) is 71.6 Å². The van der Waals surface area contributed by atoms with Crippen molar-refractivity contribution in [2.24, 2.45) is 11.8 Å². The Balaban J connectivity index is 1.39. The lowest BCUT2D eigenvalue weighted by atomic mass is 9.72. The highest BCUT2D eigenvalue weighted by Crippen LogP contribution is 2.44. The van der Waals surface area contributed by atoms with Crippen LogP contribution in [-0.2, 0) is 0 Å². The molecule has 1 unspecified atom stereocenters. The second-order valence-electron chi connectivity index (χ2n) is 10.9. The monoisotopic (exact) mass is 505 g/mol. The van der Waals surface area contributed by atoms with Crippen molar-refractivity contribution >= 4 is 17.2 Å². The lowest BCUT2D eigenvalue weighted by Crippen LogP contribution is -2.20. The Bertz CT molecular complexity index is 1000. The Morgan fingerprint density at radius 3 is 2.22 bits per heavy atom. The van der Waals surface area contributed by atoms with E-state index in [0.29, 0.717) is 5.92 Å². The lowest BCUT2D eigenvalue weighted by molar-refractivity contribution is 0.297. The number of unbranched alkanes of at least 4 members (excludes halogenated alkanes) is 3. The van der Waals surface area contributed by atoms with Gasteiger partial charge in [0.2, 0.25) is 0 Å². The van der Waals surface area contributed by atoms with Crippen LogP contribution in [0.25, 0.3) is 5.57 Å². The minimum absolute atomic E-state index is 0.489. The highest BCUT2D eigenvalue weighted by molar-refractivity contribution is 6.30. The van der Waals surface area contributed by atoms with Crippen LogP contribution in [0.5, 0.6) is 5.75 Å². The van der Waals surface area contributed by atoms with Crippen molar-refractivity contribution in [3.8, 4) is 5.75 Å². The summed E-state index contributed by atoms with van der Waals surface area (Å²) in [6, 6.07) is 17.0. The van der Waals surface area contributed by atoms with Gasteiger partial charge in [-0.3, -0.25) is 0 Å². The highest BCUT2D eigenvalue weighted by Gasteiger charge is 2.28. The molecule has 0 N–H and O–H groups in total. The van der Waals surface area contributed by atoms with Crippen LogP contribution in [0.3, 0.4) is 0 Å². The number of nitrogens with zero attached hydrogens (tertiary/aromatic N) is 1. The summed E-state index contributed by atoms with van der Waals surface area (Å²) in [7, 11) is 0. The predicted molar refractivity (Wildman–Crippen MR) is 155 cm³/mol. The molecule has 2 atom stereocenters. The summed E-state index contributed by atoms with van der Waals surface area (Å²) in [5.74, 6) is 2.18. The van der Waals surface area contributed by atoms with E-state index in [0.717, 1.165) is 36.1 Å². The third-order valence-corrected chi connectivity index (χ3v) is 8.31. The standard InChI is InChI=1S/C33H44ClNO/c1-4-27-23-25(2)32(26(3)24-27)33(28-11-15-30(34)16-12-28)29-13-17-31(18-14-29)36-22-10-6-5-7-19-35-20-8-9-21-35/h11-18,26-27H,2,4-10,19-24H2,1,3H3/b33-32-/t26?,27-/m1/s1. The number of ether oxygens (including phenoxy) is 1. The molecule has 0 aromatic heterocycles. The van der Waals surface area contributed by atoms with E-state index < -0.39 is 0 Å². The minimum atomic E-state index is 0.489. The Morgan fingerprint density at radius 2 is 1.58 bits per heavy atom. The van der Waals surface area contributed by atoms with E-state index in [9.17, 15) is 0 Å². The normalized spacial score (nSPS) is 22.1. The van der Waals surface area contributed by atoms with Gasteiger partial charge in [0.1, 0.15) is 5.75 Å². The number of hydrogen-bond donors (Lipinski definition) is 0. The van der Waals surface area contributed by atoms with Gasteiger partial charge in [-0.15, -0.1) is 0 Å². The quantitative estimate of drug-likeness (QED) is 0.282. The van der Waals surface area contributed by atoms with Gasteiger partial charge in [0.15, 0.2) is 0 Å². The first kappa shape index (κ1) is 27.0. The second-order valence-corrected chi connectivity index (χ2v) is 11.3. The molecular weight excluding hydrogens is 462 g/mol. The van der Waals surface area contributed by atoms with Crippen molar-refractivity contribution in [1.82, 2.24) is 4.90 Å². The Morgan fingerprint density at radius 1 is 0.944 bits per heavy atom. The molecule has 1 aliphatic carbocycles. The molecule has 2 aromatic carbocycles.